The first-order chi connectivity index (χ1) is 10.7. The maximum atomic E-state index is 13.6. The van der Waals surface area contributed by atoms with Gasteiger partial charge in [-0.05, 0) is 36.8 Å². The van der Waals surface area contributed by atoms with Crippen LogP contribution < -0.4 is 4.72 Å². The molecule has 0 aliphatic carbocycles. The number of sulfonamides is 1. The van der Waals surface area contributed by atoms with Crippen molar-refractivity contribution in [2.45, 2.75) is 11.8 Å². The van der Waals surface area contributed by atoms with Gasteiger partial charge in [-0.1, -0.05) is 6.07 Å². The Bertz CT molecular complexity index is 866. The zero-order valence-corrected chi connectivity index (χ0v) is 13.1. The van der Waals surface area contributed by atoms with Crippen LogP contribution in [0.3, 0.4) is 0 Å². The minimum Gasteiger partial charge on any atom is -0.465 e. The molecule has 0 aliphatic rings. The first kappa shape index (κ1) is 16.9. The highest BCUT2D eigenvalue weighted by Crippen LogP contribution is 2.23. The molecule has 0 spiro atoms. The lowest BCUT2D eigenvalue weighted by Crippen LogP contribution is -2.16. The molecule has 0 fully saturated rings. The van der Waals surface area contributed by atoms with Crippen molar-refractivity contribution in [3.8, 4) is 0 Å². The van der Waals surface area contributed by atoms with E-state index in [1.165, 1.54) is 19.1 Å². The van der Waals surface area contributed by atoms with Crippen LogP contribution in [0.25, 0.3) is 0 Å². The lowest BCUT2D eigenvalue weighted by Gasteiger charge is -2.12. The molecule has 5 nitrogen and oxygen atoms in total. The van der Waals surface area contributed by atoms with Gasteiger partial charge in [0.2, 0.25) is 0 Å². The second kappa shape index (κ2) is 6.33. The standard InChI is InChI=1S/C15H13F2NO4S/c1-9-3-4-10(15(19)22-2)7-14(9)23(20,21)18-13-8-11(16)5-6-12(13)17/h3-8,18H,1-2H3. The Hall–Kier alpha value is -2.48. The summed E-state index contributed by atoms with van der Waals surface area (Å²) in [6, 6.07) is 6.35. The summed E-state index contributed by atoms with van der Waals surface area (Å²) in [5, 5.41) is 0. The van der Waals surface area contributed by atoms with Gasteiger partial charge in [0.05, 0.1) is 23.3 Å². The van der Waals surface area contributed by atoms with Crippen molar-refractivity contribution in [2.24, 2.45) is 0 Å². The van der Waals surface area contributed by atoms with Crippen molar-refractivity contribution in [3.63, 3.8) is 0 Å². The van der Waals surface area contributed by atoms with Crippen LogP contribution in [0.1, 0.15) is 15.9 Å². The molecule has 0 atom stereocenters. The summed E-state index contributed by atoms with van der Waals surface area (Å²) in [7, 11) is -3.05. The molecule has 0 bridgehead atoms. The number of hydrogen-bond acceptors (Lipinski definition) is 4. The minimum atomic E-state index is -4.21. The highest BCUT2D eigenvalue weighted by molar-refractivity contribution is 7.92. The third kappa shape index (κ3) is 3.65. The van der Waals surface area contributed by atoms with Crippen molar-refractivity contribution in [2.75, 3.05) is 11.8 Å². The Balaban J connectivity index is 2.47. The van der Waals surface area contributed by atoms with Gasteiger partial charge in [-0.15, -0.1) is 0 Å². The van der Waals surface area contributed by atoms with Crippen LogP contribution in [-0.2, 0) is 14.8 Å². The summed E-state index contributed by atoms with van der Waals surface area (Å²) in [5.41, 5.74) is -0.159. The van der Waals surface area contributed by atoms with E-state index in [1.54, 1.807) is 0 Å². The fourth-order valence-corrected chi connectivity index (χ4v) is 3.24. The number of hydrogen-bond donors (Lipinski definition) is 1. The zero-order chi connectivity index (χ0) is 17.2. The van der Waals surface area contributed by atoms with Crippen LogP contribution in [0.5, 0.6) is 0 Å². The summed E-state index contributed by atoms with van der Waals surface area (Å²) in [5.74, 6) is -2.42. The lowest BCUT2D eigenvalue weighted by molar-refractivity contribution is 0.0600. The summed E-state index contributed by atoms with van der Waals surface area (Å²) in [4.78, 5) is 11.3. The van der Waals surface area contributed by atoms with E-state index in [-0.39, 0.29) is 10.5 Å². The number of halogens is 2. The van der Waals surface area contributed by atoms with E-state index in [2.05, 4.69) is 4.74 Å². The number of ether oxygens (including phenoxy) is 1. The van der Waals surface area contributed by atoms with Crippen LogP contribution >= 0.6 is 0 Å². The fourth-order valence-electron chi connectivity index (χ4n) is 1.91. The monoisotopic (exact) mass is 341 g/mol. The quantitative estimate of drug-likeness (QED) is 0.868. The second-order valence-electron chi connectivity index (χ2n) is 4.70. The molecule has 2 aromatic rings. The van der Waals surface area contributed by atoms with Gasteiger partial charge in [-0.3, -0.25) is 4.72 Å². The highest BCUT2D eigenvalue weighted by Gasteiger charge is 2.21. The minimum absolute atomic E-state index is 0.0261. The van der Waals surface area contributed by atoms with Gasteiger partial charge in [-0.25, -0.2) is 22.0 Å². The van der Waals surface area contributed by atoms with Crippen molar-refractivity contribution < 1.29 is 26.7 Å². The summed E-state index contributed by atoms with van der Waals surface area (Å²) < 4.78 is 58.1. The Labute approximate surface area is 132 Å². The first-order valence-corrected chi connectivity index (χ1v) is 7.90. The van der Waals surface area contributed by atoms with Gasteiger partial charge >= 0.3 is 5.97 Å². The molecule has 0 saturated carbocycles. The SMILES string of the molecule is COC(=O)c1ccc(C)c(S(=O)(=O)Nc2cc(F)ccc2F)c1. The predicted molar refractivity (Wildman–Crippen MR) is 79.7 cm³/mol. The number of nitrogens with one attached hydrogen (secondary N) is 1. The molecule has 2 rings (SSSR count). The number of aryl methyl sites for hydroxylation is 1. The largest absolute Gasteiger partial charge is 0.465 e. The Morgan fingerprint density at radius 3 is 2.48 bits per heavy atom. The van der Waals surface area contributed by atoms with E-state index in [4.69, 9.17) is 0 Å². The van der Waals surface area contributed by atoms with Crippen molar-refractivity contribution >= 4 is 21.7 Å². The number of esters is 1. The topological polar surface area (TPSA) is 72.5 Å². The molecular formula is C15H13F2NO4S. The summed E-state index contributed by atoms with van der Waals surface area (Å²) in [6.45, 7) is 1.51. The molecule has 1 N–H and O–H groups in total. The van der Waals surface area contributed by atoms with Gasteiger partial charge in [0.25, 0.3) is 10.0 Å². The van der Waals surface area contributed by atoms with Crippen molar-refractivity contribution in [1.29, 1.82) is 0 Å². The zero-order valence-electron chi connectivity index (χ0n) is 12.3. The molecule has 0 aliphatic heterocycles. The van der Waals surface area contributed by atoms with Crippen LogP contribution in [0.15, 0.2) is 41.3 Å². The fraction of sp³-hybridized carbons (Fsp3) is 0.133. The van der Waals surface area contributed by atoms with E-state index >= 15 is 0 Å². The average Bonchev–Trinajstić information content (AvgIpc) is 2.50. The molecule has 0 amide bonds. The molecule has 122 valence electrons. The maximum absolute atomic E-state index is 13.6. The maximum Gasteiger partial charge on any atom is 0.337 e. The Kier molecular flexibility index (Phi) is 4.65. The van der Waals surface area contributed by atoms with Crippen LogP contribution in [0.2, 0.25) is 0 Å². The second-order valence-corrected chi connectivity index (χ2v) is 6.35. The molecule has 2 aromatic carbocycles. The van der Waals surface area contributed by atoms with E-state index in [0.29, 0.717) is 5.56 Å². The highest BCUT2D eigenvalue weighted by atomic mass is 32.2. The molecule has 0 radical (unpaired) electrons. The summed E-state index contributed by atoms with van der Waals surface area (Å²) >= 11 is 0. The Morgan fingerprint density at radius 1 is 1.13 bits per heavy atom. The molecule has 0 saturated heterocycles. The normalized spacial score (nSPS) is 11.1. The van der Waals surface area contributed by atoms with Crippen LogP contribution in [0.4, 0.5) is 14.5 Å². The number of carbonyl (C=O) groups is 1. The van der Waals surface area contributed by atoms with Gasteiger partial charge in [0, 0.05) is 6.07 Å². The Morgan fingerprint density at radius 2 is 1.83 bits per heavy atom. The lowest BCUT2D eigenvalue weighted by atomic mass is 10.1. The van der Waals surface area contributed by atoms with Crippen molar-refractivity contribution in [3.05, 3.63) is 59.2 Å². The third-order valence-corrected chi connectivity index (χ3v) is 4.58. The molecule has 0 aromatic heterocycles. The third-order valence-electron chi connectivity index (χ3n) is 3.07. The van der Waals surface area contributed by atoms with Gasteiger partial charge in [0.15, 0.2) is 0 Å². The molecule has 0 heterocycles. The molecular weight excluding hydrogens is 328 g/mol. The van der Waals surface area contributed by atoms with Crippen LogP contribution in [0, 0.1) is 18.6 Å². The first-order valence-electron chi connectivity index (χ1n) is 6.41. The van der Waals surface area contributed by atoms with E-state index < -0.39 is 33.3 Å². The molecule has 8 heteroatoms. The number of rotatable bonds is 4. The number of benzene rings is 2. The van der Waals surface area contributed by atoms with Crippen LogP contribution in [-0.4, -0.2) is 21.5 Å². The van der Waals surface area contributed by atoms with Gasteiger partial charge in [0.1, 0.15) is 11.6 Å². The number of anilines is 1. The van der Waals surface area contributed by atoms with E-state index in [0.717, 1.165) is 31.4 Å². The summed E-state index contributed by atoms with van der Waals surface area (Å²) in [6.07, 6.45) is 0. The van der Waals surface area contributed by atoms with E-state index in [1.807, 2.05) is 4.72 Å². The van der Waals surface area contributed by atoms with Gasteiger partial charge in [-0.2, -0.15) is 0 Å². The smallest absolute Gasteiger partial charge is 0.337 e. The van der Waals surface area contributed by atoms with Gasteiger partial charge < -0.3 is 4.74 Å². The number of carbonyl (C=O) groups excluding carboxylic acids is 1. The molecule has 0 unspecified atom stereocenters. The predicted octanol–water partition coefficient (Wildman–Crippen LogP) is 2.86. The van der Waals surface area contributed by atoms with Crippen molar-refractivity contribution in [1.82, 2.24) is 0 Å². The molecule has 23 heavy (non-hydrogen) atoms. The number of methoxy groups -OCH3 is 1. The van der Waals surface area contributed by atoms with E-state index in [9.17, 15) is 22.0 Å². The average molecular weight is 341 g/mol.